The van der Waals surface area contributed by atoms with E-state index in [1.54, 1.807) is 0 Å². The maximum atomic E-state index is 9.78. The van der Waals surface area contributed by atoms with Crippen molar-refractivity contribution in [1.82, 2.24) is 0 Å². The first-order chi connectivity index (χ1) is 3.41. The van der Waals surface area contributed by atoms with E-state index in [-0.39, 0.29) is 77.5 Å². The van der Waals surface area contributed by atoms with Crippen LogP contribution in [0.1, 0.15) is 25.7 Å². The molecule has 0 aromatic rings. The van der Waals surface area contributed by atoms with Gasteiger partial charge in [-0.3, -0.25) is 0 Å². The van der Waals surface area contributed by atoms with Crippen molar-refractivity contribution in [3.8, 4) is 0 Å². The fourth-order valence-corrected chi connectivity index (χ4v) is 0.456. The Morgan fingerprint density at radius 3 is 1.64 bits per heavy atom. The third kappa shape index (κ3) is 33.2. The Hall–Kier alpha value is 2.07. The quantitative estimate of drug-likeness (QED) is 0.262. The molecule has 0 rings (SSSR count). The first-order valence-corrected chi connectivity index (χ1v) is 2.79. The van der Waals surface area contributed by atoms with Crippen molar-refractivity contribution in [1.29, 1.82) is 0 Å². The maximum absolute atomic E-state index is 9.78. The Bertz CT molecular complexity index is 37.8. The summed E-state index contributed by atoms with van der Waals surface area (Å²) >= 11 is 0. The topological polar surface area (TPSA) is 23.1 Å². The summed E-state index contributed by atoms with van der Waals surface area (Å²) in [5.74, 6) is 0. The average molecular weight is 220 g/mol. The van der Waals surface area contributed by atoms with Gasteiger partial charge >= 0.3 is 46.1 Å². The number of halogens is 2. The Kier molecular flexibility index (Phi) is 78.6. The van der Waals surface area contributed by atoms with Crippen LogP contribution in [0.15, 0.2) is 0 Å². The number of unbranched alkanes of at least 4 members (excludes halogenated alkanes) is 3. The minimum absolute atomic E-state index is 0. The number of rotatable bonds is 4. The van der Waals surface area contributed by atoms with Gasteiger partial charge in [-0.2, -0.15) is 6.42 Å². The molecule has 0 aromatic heterocycles. The Balaban J connectivity index is -0.0000000300. The maximum Gasteiger partial charge on any atom is 2.00 e. The minimum Gasteiger partial charge on any atom is -1.00 e. The van der Waals surface area contributed by atoms with Gasteiger partial charge in [0.25, 0.3) is 0 Å². The van der Waals surface area contributed by atoms with E-state index in [0.29, 0.717) is 0 Å². The van der Waals surface area contributed by atoms with Gasteiger partial charge in [-0.15, -0.1) is 6.61 Å². The summed E-state index contributed by atoms with van der Waals surface area (Å²) in [5, 5.41) is 9.78. The average Bonchev–Trinajstić information content (AvgIpc) is 1.69. The molecule has 0 aliphatic carbocycles. The third-order valence-electron chi connectivity index (χ3n) is 0.894. The number of hydrogen-bond acceptors (Lipinski definition) is 1. The Morgan fingerprint density at radius 1 is 0.909 bits per heavy atom. The minimum atomic E-state index is 0. The second-order valence-corrected chi connectivity index (χ2v) is 1.62. The summed E-state index contributed by atoms with van der Waals surface area (Å²) < 4.78 is 0. The van der Waals surface area contributed by atoms with Crippen LogP contribution in [0.4, 0.5) is 0 Å². The summed E-state index contributed by atoms with van der Waals surface area (Å²) in [5.41, 5.74) is 0. The molecule has 1 nitrogen and oxygen atoms in total. The largest absolute Gasteiger partial charge is 2.00 e. The molecule has 0 saturated carbocycles. The van der Waals surface area contributed by atoms with E-state index in [1.165, 1.54) is 0 Å². The summed E-state index contributed by atoms with van der Waals surface area (Å²) in [7, 11) is 0. The van der Waals surface area contributed by atoms with Crippen molar-refractivity contribution in [2.75, 3.05) is 6.61 Å². The van der Waals surface area contributed by atoms with Gasteiger partial charge in [-0.05, 0) is 0 Å². The van der Waals surface area contributed by atoms with E-state index in [1.807, 2.05) is 0 Å². The summed E-state index contributed by atoms with van der Waals surface area (Å²) in [6.45, 7) is 3.74. The van der Waals surface area contributed by atoms with Gasteiger partial charge in [-0.1, -0.05) is 19.3 Å². The summed E-state index contributed by atoms with van der Waals surface area (Å²) in [6, 6.07) is 0. The van der Waals surface area contributed by atoms with Crippen LogP contribution in [0.25, 0.3) is 0 Å². The monoisotopic (exact) mass is 218 g/mol. The van der Waals surface area contributed by atoms with Crippen LogP contribution >= 0.6 is 0 Å². The molecule has 0 N–H and O–H groups in total. The molecule has 0 atom stereocenters. The van der Waals surface area contributed by atoms with Gasteiger partial charge < -0.3 is 36.8 Å². The zero-order chi connectivity index (χ0) is 5.54. The molecule has 0 bridgehead atoms. The second kappa shape index (κ2) is 29.6. The standard InChI is InChI=1S/C6H12O.2ClH.2Mg/c1-2-3-4-5-6-7;;;;/h1-6H2;2*1H;;/q-2;;;2*+2/p-2. The van der Waals surface area contributed by atoms with Crippen LogP contribution in [0.3, 0.4) is 0 Å². The molecule has 5 heteroatoms. The van der Waals surface area contributed by atoms with Gasteiger partial charge in [0.05, 0.1) is 0 Å². The van der Waals surface area contributed by atoms with Gasteiger partial charge in [0, 0.05) is 0 Å². The SMILES string of the molecule is [CH2-]CCCCC[O-].[Cl-].[Cl-].[Mg+2].[Mg+2]. The van der Waals surface area contributed by atoms with E-state index >= 15 is 0 Å². The molecule has 0 fully saturated rings. The van der Waals surface area contributed by atoms with Crippen molar-refractivity contribution in [2.45, 2.75) is 25.7 Å². The van der Waals surface area contributed by atoms with E-state index in [0.717, 1.165) is 25.7 Å². The molecule has 0 unspecified atom stereocenters. The molecule has 0 saturated heterocycles. The van der Waals surface area contributed by atoms with Gasteiger partial charge in [-0.25, -0.2) is 0 Å². The molecule has 11 heavy (non-hydrogen) atoms. The molecule has 0 aromatic carbocycles. The predicted molar refractivity (Wildman–Crippen MR) is 40.2 cm³/mol. The smallest absolute Gasteiger partial charge is 1.00 e. The Morgan fingerprint density at radius 2 is 1.36 bits per heavy atom. The first-order valence-electron chi connectivity index (χ1n) is 2.79. The zero-order valence-electron chi connectivity index (χ0n) is 6.82. The molecular formula is C6H12Cl2Mg2O. The van der Waals surface area contributed by atoms with Gasteiger partial charge in [0.15, 0.2) is 0 Å². The molecule has 0 spiro atoms. The van der Waals surface area contributed by atoms with Crippen LogP contribution in [0.5, 0.6) is 0 Å². The summed E-state index contributed by atoms with van der Waals surface area (Å²) in [4.78, 5) is 0. The molecule has 0 aliphatic rings. The van der Waals surface area contributed by atoms with Crippen LogP contribution in [0, 0.1) is 6.92 Å². The molecule has 0 radical (unpaired) electrons. The number of hydrogen-bond donors (Lipinski definition) is 0. The molecule has 0 heterocycles. The van der Waals surface area contributed by atoms with Crippen molar-refractivity contribution >= 4 is 46.1 Å². The third-order valence-corrected chi connectivity index (χ3v) is 0.894. The fourth-order valence-electron chi connectivity index (χ4n) is 0.456. The summed E-state index contributed by atoms with van der Waals surface area (Å²) in [6.07, 6.45) is 3.98. The predicted octanol–water partition coefficient (Wildman–Crippen LogP) is -6.01. The molecule has 0 amide bonds. The Labute approximate surface area is 114 Å². The van der Waals surface area contributed by atoms with Crippen LogP contribution in [-0.2, 0) is 0 Å². The second-order valence-electron chi connectivity index (χ2n) is 1.62. The fraction of sp³-hybridized carbons (Fsp3) is 0.833. The van der Waals surface area contributed by atoms with Gasteiger partial charge in [0.1, 0.15) is 0 Å². The first kappa shape index (κ1) is 29.2. The van der Waals surface area contributed by atoms with E-state index in [2.05, 4.69) is 6.92 Å². The van der Waals surface area contributed by atoms with Crippen LogP contribution in [-0.4, -0.2) is 52.7 Å². The normalized spacial score (nSPS) is 6.00. The van der Waals surface area contributed by atoms with Crippen molar-refractivity contribution in [3.05, 3.63) is 6.92 Å². The van der Waals surface area contributed by atoms with E-state index in [4.69, 9.17) is 0 Å². The molecule has 0 aliphatic heterocycles. The molecule has 60 valence electrons. The van der Waals surface area contributed by atoms with E-state index in [9.17, 15) is 5.11 Å². The van der Waals surface area contributed by atoms with Crippen molar-refractivity contribution in [3.63, 3.8) is 0 Å². The van der Waals surface area contributed by atoms with Gasteiger partial charge in [0.2, 0.25) is 0 Å². The zero-order valence-corrected chi connectivity index (χ0v) is 11.2. The molecular weight excluding hydrogens is 208 g/mol. The van der Waals surface area contributed by atoms with Crippen LogP contribution in [0.2, 0.25) is 0 Å². The van der Waals surface area contributed by atoms with Crippen LogP contribution < -0.4 is 29.9 Å². The van der Waals surface area contributed by atoms with Crippen molar-refractivity contribution in [2.24, 2.45) is 0 Å². The van der Waals surface area contributed by atoms with E-state index < -0.39 is 0 Å². The van der Waals surface area contributed by atoms with Crippen molar-refractivity contribution < 1.29 is 29.9 Å².